The zero-order valence-electron chi connectivity index (χ0n) is 16.7. The van der Waals surface area contributed by atoms with E-state index in [9.17, 15) is 14.0 Å². The van der Waals surface area contributed by atoms with Gasteiger partial charge in [0.05, 0.1) is 34.3 Å². The fourth-order valence-corrected chi connectivity index (χ4v) is 4.43. The zero-order chi connectivity index (χ0) is 22.4. The topological polar surface area (TPSA) is 126 Å². The van der Waals surface area contributed by atoms with Crippen molar-refractivity contribution in [1.29, 1.82) is 0 Å². The van der Waals surface area contributed by atoms with Gasteiger partial charge in [0, 0.05) is 6.54 Å². The number of nitrogens with one attached hydrogen (secondary N) is 2. The first kappa shape index (κ1) is 20.0. The third kappa shape index (κ3) is 3.24. The van der Waals surface area contributed by atoms with Crippen molar-refractivity contribution in [2.75, 3.05) is 15.5 Å². The number of aryl methyl sites for hydroxylation is 1. The molecule has 9 nitrogen and oxygen atoms in total. The lowest BCUT2D eigenvalue weighted by molar-refractivity contribution is 0.103. The Morgan fingerprint density at radius 3 is 2.81 bits per heavy atom. The molecule has 1 aromatic carbocycles. The van der Waals surface area contributed by atoms with Crippen LogP contribution in [0.15, 0.2) is 42.9 Å². The normalized spacial score (nSPS) is 12.7. The molecule has 3 aromatic heterocycles. The summed E-state index contributed by atoms with van der Waals surface area (Å²) in [6, 6.07) is 7.27. The molecule has 3 amide bonds. The maximum atomic E-state index is 13.7. The van der Waals surface area contributed by atoms with Crippen molar-refractivity contribution < 1.29 is 14.0 Å². The van der Waals surface area contributed by atoms with E-state index >= 15 is 0 Å². The fourth-order valence-electron chi connectivity index (χ4n) is 3.44. The molecule has 0 saturated carbocycles. The number of thiophene rings is 1. The van der Waals surface area contributed by atoms with E-state index in [1.165, 1.54) is 29.6 Å². The van der Waals surface area contributed by atoms with E-state index < -0.39 is 11.9 Å². The average molecular weight is 449 g/mol. The highest BCUT2D eigenvalue weighted by molar-refractivity contribution is 7.21. The van der Waals surface area contributed by atoms with Gasteiger partial charge in [-0.15, -0.1) is 11.3 Å². The van der Waals surface area contributed by atoms with Crippen LogP contribution in [0.4, 0.5) is 32.1 Å². The monoisotopic (exact) mass is 449 g/mol. The number of pyridine rings is 1. The van der Waals surface area contributed by atoms with Crippen molar-refractivity contribution in [3.8, 4) is 0 Å². The molecule has 4 aromatic rings. The lowest BCUT2D eigenvalue weighted by Crippen LogP contribution is -2.35. The van der Waals surface area contributed by atoms with Crippen LogP contribution >= 0.6 is 11.3 Å². The number of carbonyl (C=O) groups excluding carboxylic acids is 2. The highest BCUT2D eigenvalue weighted by Gasteiger charge is 2.34. The van der Waals surface area contributed by atoms with E-state index in [0.29, 0.717) is 50.9 Å². The Morgan fingerprint density at radius 1 is 1.25 bits per heavy atom. The quantitative estimate of drug-likeness (QED) is 0.433. The third-order valence-electron chi connectivity index (χ3n) is 5.01. The van der Waals surface area contributed by atoms with E-state index in [1.807, 2.05) is 0 Å². The van der Waals surface area contributed by atoms with Crippen LogP contribution in [0.1, 0.15) is 20.9 Å². The van der Waals surface area contributed by atoms with Crippen LogP contribution in [0.2, 0.25) is 0 Å². The van der Waals surface area contributed by atoms with Gasteiger partial charge in [-0.25, -0.2) is 24.1 Å². The van der Waals surface area contributed by atoms with Gasteiger partial charge in [-0.3, -0.25) is 9.78 Å². The molecule has 11 heteroatoms. The molecule has 1 aliphatic heterocycles. The molecule has 160 valence electrons. The Morgan fingerprint density at radius 2 is 2.09 bits per heavy atom. The Labute approximate surface area is 185 Å². The van der Waals surface area contributed by atoms with Gasteiger partial charge < -0.3 is 16.4 Å². The first-order valence-electron chi connectivity index (χ1n) is 9.57. The van der Waals surface area contributed by atoms with Crippen molar-refractivity contribution in [3.63, 3.8) is 0 Å². The Balaban J connectivity index is 1.56. The molecule has 0 unspecified atom stereocenters. The third-order valence-corrected chi connectivity index (χ3v) is 6.11. The molecule has 0 aliphatic carbocycles. The molecule has 5 rings (SSSR count). The summed E-state index contributed by atoms with van der Waals surface area (Å²) < 4.78 is 13.7. The second kappa shape index (κ2) is 7.62. The molecular formula is C21H16FN7O2S. The van der Waals surface area contributed by atoms with E-state index in [-0.39, 0.29) is 10.7 Å². The van der Waals surface area contributed by atoms with Crippen molar-refractivity contribution in [3.05, 3.63) is 64.8 Å². The number of hydrogen-bond donors (Lipinski definition) is 3. The molecule has 0 atom stereocenters. The number of hydrogen-bond acceptors (Lipinski definition) is 7. The molecule has 0 spiro atoms. The van der Waals surface area contributed by atoms with Gasteiger partial charge in [0.15, 0.2) is 5.82 Å². The van der Waals surface area contributed by atoms with Crippen molar-refractivity contribution in [2.45, 2.75) is 13.5 Å². The molecule has 32 heavy (non-hydrogen) atoms. The number of urea groups is 1. The molecule has 0 fully saturated rings. The summed E-state index contributed by atoms with van der Waals surface area (Å²) in [6.45, 7) is 1.91. The number of aromatic nitrogens is 3. The molecule has 4 N–H and O–H groups in total. The number of benzene rings is 1. The van der Waals surface area contributed by atoms with Gasteiger partial charge in [0.1, 0.15) is 21.9 Å². The number of rotatable bonds is 4. The molecule has 0 saturated heterocycles. The van der Waals surface area contributed by atoms with Gasteiger partial charge in [-0.2, -0.15) is 0 Å². The van der Waals surface area contributed by atoms with Gasteiger partial charge in [0.2, 0.25) is 0 Å². The molecule has 4 heterocycles. The van der Waals surface area contributed by atoms with Crippen LogP contribution in [0.3, 0.4) is 0 Å². The fraction of sp³-hybridized carbons (Fsp3) is 0.0952. The van der Waals surface area contributed by atoms with E-state index in [2.05, 4.69) is 25.6 Å². The van der Waals surface area contributed by atoms with Crippen molar-refractivity contribution >= 4 is 56.4 Å². The molecule has 1 aliphatic rings. The van der Waals surface area contributed by atoms with Crippen LogP contribution in [-0.2, 0) is 6.54 Å². The lowest BCUT2D eigenvalue weighted by atomic mass is 10.1. The van der Waals surface area contributed by atoms with Crippen LogP contribution in [0.5, 0.6) is 0 Å². The second-order valence-corrected chi connectivity index (χ2v) is 8.08. The van der Waals surface area contributed by atoms with Gasteiger partial charge in [-0.1, -0.05) is 0 Å². The van der Waals surface area contributed by atoms with E-state index in [0.717, 1.165) is 11.3 Å². The summed E-state index contributed by atoms with van der Waals surface area (Å²) in [6.07, 6.45) is 2.85. The smallest absolute Gasteiger partial charge is 0.325 e. The Hall–Kier alpha value is -3.96. The lowest BCUT2D eigenvalue weighted by Gasteiger charge is -2.27. The summed E-state index contributed by atoms with van der Waals surface area (Å²) in [4.78, 5) is 40.9. The first-order chi connectivity index (χ1) is 15.5. The van der Waals surface area contributed by atoms with Crippen LogP contribution in [-0.4, -0.2) is 26.9 Å². The largest absolute Gasteiger partial charge is 0.332 e. The summed E-state index contributed by atoms with van der Waals surface area (Å²) in [7, 11) is 0. The Kier molecular flexibility index (Phi) is 4.76. The highest BCUT2D eigenvalue weighted by Crippen LogP contribution is 2.44. The van der Waals surface area contributed by atoms with Gasteiger partial charge in [0.25, 0.3) is 5.91 Å². The number of nitrogens with zero attached hydrogens (tertiary/aromatic N) is 4. The number of halogens is 1. The number of nitrogens with two attached hydrogens (primary N) is 1. The van der Waals surface area contributed by atoms with Crippen LogP contribution in [0, 0.1) is 12.7 Å². The minimum Gasteiger partial charge on any atom is -0.325 e. The first-order valence-corrected chi connectivity index (χ1v) is 10.4. The standard InChI is InChI=1S/C21H16FN7O2S/c1-10-6-13(4-5-14(10)22)29-18-15-16(28-21(29)31)17(32-20(15)26-9-25-18)19(30)27-12-3-2-11(7-23)24-8-12/h2-6,8-9H,7,23H2,1H3,(H,27,30)(H,28,31). The summed E-state index contributed by atoms with van der Waals surface area (Å²) in [5.41, 5.74) is 7.93. The number of carbonyl (C=O) groups is 2. The van der Waals surface area contributed by atoms with Crippen LogP contribution < -0.4 is 21.3 Å². The Bertz CT molecular complexity index is 1390. The minimum absolute atomic E-state index is 0.285. The molecule has 0 bridgehead atoms. The van der Waals surface area contributed by atoms with Crippen LogP contribution in [0.25, 0.3) is 10.2 Å². The summed E-state index contributed by atoms with van der Waals surface area (Å²) in [5.74, 6) is -0.463. The van der Waals surface area contributed by atoms with Crippen molar-refractivity contribution in [1.82, 2.24) is 15.0 Å². The summed E-state index contributed by atoms with van der Waals surface area (Å²) in [5, 5.41) is 6.09. The average Bonchev–Trinajstić information content (AvgIpc) is 3.16. The van der Waals surface area contributed by atoms with E-state index in [4.69, 9.17) is 5.73 Å². The van der Waals surface area contributed by atoms with Gasteiger partial charge >= 0.3 is 6.03 Å². The SMILES string of the molecule is Cc1cc(N2C(=O)Nc3c(C(=O)Nc4ccc(CN)nc4)sc4ncnc2c34)ccc1F. The van der Waals surface area contributed by atoms with Gasteiger partial charge in [-0.05, 0) is 42.8 Å². The number of anilines is 4. The molecular weight excluding hydrogens is 433 g/mol. The van der Waals surface area contributed by atoms with E-state index in [1.54, 1.807) is 25.1 Å². The summed E-state index contributed by atoms with van der Waals surface area (Å²) >= 11 is 1.14. The maximum Gasteiger partial charge on any atom is 0.332 e. The highest BCUT2D eigenvalue weighted by atomic mass is 32.1. The molecule has 0 radical (unpaired) electrons. The maximum absolute atomic E-state index is 13.7. The predicted octanol–water partition coefficient (Wildman–Crippen LogP) is 3.93. The minimum atomic E-state index is -0.509. The zero-order valence-corrected chi connectivity index (χ0v) is 17.5. The number of amides is 3. The predicted molar refractivity (Wildman–Crippen MR) is 120 cm³/mol. The second-order valence-electron chi connectivity index (χ2n) is 7.08. The van der Waals surface area contributed by atoms with Crippen molar-refractivity contribution in [2.24, 2.45) is 5.73 Å².